The van der Waals surface area contributed by atoms with E-state index in [-0.39, 0.29) is 18.6 Å². The number of amides is 1. The second kappa shape index (κ2) is 8.38. The summed E-state index contributed by atoms with van der Waals surface area (Å²) in [6, 6.07) is 7.20. The van der Waals surface area contributed by atoms with Gasteiger partial charge in [-0.3, -0.25) is 4.79 Å². The minimum atomic E-state index is -0.429. The van der Waals surface area contributed by atoms with Crippen molar-refractivity contribution in [3.8, 4) is 5.75 Å². The molecule has 0 aromatic heterocycles. The Morgan fingerprint density at radius 2 is 2.23 bits per heavy atom. The SMILES string of the molecule is COC(=O)COc1cccc(CNC(=O)C2CCCCN2)c1. The van der Waals surface area contributed by atoms with Gasteiger partial charge < -0.3 is 20.1 Å². The fourth-order valence-electron chi connectivity index (χ4n) is 2.33. The van der Waals surface area contributed by atoms with Crippen LogP contribution in [0.1, 0.15) is 24.8 Å². The summed E-state index contributed by atoms with van der Waals surface area (Å²) in [7, 11) is 1.32. The number of carbonyl (C=O) groups is 2. The van der Waals surface area contributed by atoms with Crippen molar-refractivity contribution in [1.82, 2.24) is 10.6 Å². The number of piperidine rings is 1. The summed E-state index contributed by atoms with van der Waals surface area (Å²) in [6.07, 6.45) is 3.10. The Bertz CT molecular complexity index is 513. The Hall–Kier alpha value is -2.08. The van der Waals surface area contributed by atoms with E-state index in [1.807, 2.05) is 12.1 Å². The predicted octanol–water partition coefficient (Wildman–Crippen LogP) is 0.997. The Labute approximate surface area is 130 Å². The molecule has 1 unspecified atom stereocenters. The van der Waals surface area contributed by atoms with Crippen molar-refractivity contribution in [3.05, 3.63) is 29.8 Å². The maximum Gasteiger partial charge on any atom is 0.343 e. The van der Waals surface area contributed by atoms with E-state index in [1.54, 1.807) is 12.1 Å². The zero-order valence-corrected chi connectivity index (χ0v) is 12.8. The highest BCUT2D eigenvalue weighted by Crippen LogP contribution is 2.13. The van der Waals surface area contributed by atoms with E-state index in [1.165, 1.54) is 7.11 Å². The minimum absolute atomic E-state index is 0.0283. The smallest absolute Gasteiger partial charge is 0.343 e. The molecular weight excluding hydrogens is 284 g/mol. The Balaban J connectivity index is 1.82. The number of benzene rings is 1. The molecule has 0 saturated carbocycles. The van der Waals surface area contributed by atoms with Gasteiger partial charge in [0.15, 0.2) is 6.61 Å². The number of hydrogen-bond donors (Lipinski definition) is 2. The molecule has 0 spiro atoms. The van der Waals surface area contributed by atoms with Crippen molar-refractivity contribution < 1.29 is 19.1 Å². The maximum atomic E-state index is 12.0. The third kappa shape index (κ3) is 5.04. The molecule has 1 fully saturated rings. The van der Waals surface area contributed by atoms with E-state index in [0.717, 1.165) is 31.4 Å². The summed E-state index contributed by atoms with van der Waals surface area (Å²) < 4.78 is 9.84. The lowest BCUT2D eigenvalue weighted by Gasteiger charge is -2.22. The summed E-state index contributed by atoms with van der Waals surface area (Å²) in [6.45, 7) is 1.21. The molecule has 6 heteroatoms. The van der Waals surface area contributed by atoms with Crippen LogP contribution in [0.2, 0.25) is 0 Å². The summed E-state index contributed by atoms with van der Waals surface area (Å²) >= 11 is 0. The third-order valence-electron chi connectivity index (χ3n) is 3.58. The van der Waals surface area contributed by atoms with Crippen molar-refractivity contribution in [3.63, 3.8) is 0 Å². The van der Waals surface area contributed by atoms with Crippen LogP contribution >= 0.6 is 0 Å². The van der Waals surface area contributed by atoms with Crippen molar-refractivity contribution in [1.29, 1.82) is 0 Å². The van der Waals surface area contributed by atoms with Crippen molar-refractivity contribution in [2.24, 2.45) is 0 Å². The van der Waals surface area contributed by atoms with Gasteiger partial charge in [-0.1, -0.05) is 18.6 Å². The molecule has 1 atom stereocenters. The number of carbonyl (C=O) groups excluding carboxylic acids is 2. The molecule has 1 amide bonds. The number of ether oxygens (including phenoxy) is 2. The van der Waals surface area contributed by atoms with Crippen molar-refractivity contribution in [2.75, 3.05) is 20.3 Å². The molecule has 2 N–H and O–H groups in total. The van der Waals surface area contributed by atoms with Crippen LogP contribution in [0.25, 0.3) is 0 Å². The summed E-state index contributed by atoms with van der Waals surface area (Å²) in [5, 5.41) is 6.14. The number of rotatable bonds is 6. The van der Waals surface area contributed by atoms with Crippen LogP contribution in [0, 0.1) is 0 Å². The molecule has 0 aliphatic carbocycles. The largest absolute Gasteiger partial charge is 0.482 e. The quantitative estimate of drug-likeness (QED) is 0.767. The molecule has 0 radical (unpaired) electrons. The topological polar surface area (TPSA) is 76.7 Å². The van der Waals surface area contributed by atoms with E-state index in [9.17, 15) is 9.59 Å². The molecular formula is C16H22N2O4. The minimum Gasteiger partial charge on any atom is -0.482 e. The first-order valence-corrected chi connectivity index (χ1v) is 7.48. The molecule has 1 aromatic carbocycles. The average molecular weight is 306 g/mol. The van der Waals surface area contributed by atoms with E-state index in [4.69, 9.17) is 4.74 Å². The van der Waals surface area contributed by atoms with E-state index < -0.39 is 5.97 Å². The molecule has 2 rings (SSSR count). The van der Waals surface area contributed by atoms with Gasteiger partial charge in [0, 0.05) is 6.54 Å². The van der Waals surface area contributed by atoms with Crippen LogP contribution in [0.4, 0.5) is 0 Å². The molecule has 120 valence electrons. The Morgan fingerprint density at radius 1 is 1.36 bits per heavy atom. The normalized spacial score (nSPS) is 17.6. The molecule has 6 nitrogen and oxygen atoms in total. The summed E-state index contributed by atoms with van der Waals surface area (Å²) in [4.78, 5) is 23.1. The van der Waals surface area contributed by atoms with E-state index in [2.05, 4.69) is 15.4 Å². The lowest BCUT2D eigenvalue weighted by atomic mass is 10.0. The standard InChI is InChI=1S/C16H22N2O4/c1-21-15(19)11-22-13-6-4-5-12(9-13)10-18-16(20)14-7-2-3-8-17-14/h4-6,9,14,17H,2-3,7-8,10-11H2,1H3,(H,18,20). The second-order valence-corrected chi connectivity index (χ2v) is 5.23. The van der Waals surface area contributed by atoms with Gasteiger partial charge in [0.25, 0.3) is 0 Å². The van der Waals surface area contributed by atoms with Crippen LogP contribution < -0.4 is 15.4 Å². The predicted molar refractivity (Wildman–Crippen MR) is 81.4 cm³/mol. The zero-order chi connectivity index (χ0) is 15.8. The van der Waals surface area contributed by atoms with Gasteiger partial charge in [0.1, 0.15) is 5.75 Å². The van der Waals surface area contributed by atoms with Crippen LogP contribution in [0.15, 0.2) is 24.3 Å². The van der Waals surface area contributed by atoms with Crippen LogP contribution in [0.3, 0.4) is 0 Å². The van der Waals surface area contributed by atoms with E-state index in [0.29, 0.717) is 12.3 Å². The number of hydrogen-bond acceptors (Lipinski definition) is 5. The molecule has 1 saturated heterocycles. The van der Waals surface area contributed by atoms with Crippen LogP contribution in [0.5, 0.6) is 5.75 Å². The van der Waals surface area contributed by atoms with E-state index >= 15 is 0 Å². The number of esters is 1. The Kier molecular flexibility index (Phi) is 6.21. The van der Waals surface area contributed by atoms with Gasteiger partial charge in [-0.15, -0.1) is 0 Å². The fraction of sp³-hybridized carbons (Fsp3) is 0.500. The molecule has 1 aromatic rings. The highest BCUT2D eigenvalue weighted by atomic mass is 16.6. The highest BCUT2D eigenvalue weighted by molar-refractivity contribution is 5.81. The lowest BCUT2D eigenvalue weighted by Crippen LogP contribution is -2.46. The van der Waals surface area contributed by atoms with Gasteiger partial charge in [-0.2, -0.15) is 0 Å². The highest BCUT2D eigenvalue weighted by Gasteiger charge is 2.19. The molecule has 1 aliphatic rings. The second-order valence-electron chi connectivity index (χ2n) is 5.23. The molecule has 22 heavy (non-hydrogen) atoms. The molecule has 1 aliphatic heterocycles. The first-order chi connectivity index (χ1) is 10.7. The van der Waals surface area contributed by atoms with Crippen LogP contribution in [-0.4, -0.2) is 38.2 Å². The molecule has 1 heterocycles. The van der Waals surface area contributed by atoms with Crippen LogP contribution in [-0.2, 0) is 20.9 Å². The number of methoxy groups -OCH3 is 1. The average Bonchev–Trinajstić information content (AvgIpc) is 2.58. The van der Waals surface area contributed by atoms with Gasteiger partial charge in [-0.25, -0.2) is 4.79 Å². The Morgan fingerprint density at radius 3 is 2.95 bits per heavy atom. The van der Waals surface area contributed by atoms with Gasteiger partial charge >= 0.3 is 5.97 Å². The first kappa shape index (κ1) is 16.3. The lowest BCUT2D eigenvalue weighted by molar-refractivity contribution is -0.142. The summed E-state index contributed by atoms with van der Waals surface area (Å²) in [5.41, 5.74) is 0.923. The van der Waals surface area contributed by atoms with Crippen molar-refractivity contribution >= 4 is 11.9 Å². The maximum absolute atomic E-state index is 12.0. The van der Waals surface area contributed by atoms with Gasteiger partial charge in [0.05, 0.1) is 13.2 Å². The fourth-order valence-corrected chi connectivity index (χ4v) is 2.33. The first-order valence-electron chi connectivity index (χ1n) is 7.48. The summed E-state index contributed by atoms with van der Waals surface area (Å²) in [5.74, 6) is 0.176. The van der Waals surface area contributed by atoms with Gasteiger partial charge in [-0.05, 0) is 37.1 Å². The molecule has 0 bridgehead atoms. The van der Waals surface area contributed by atoms with Crippen molar-refractivity contribution in [2.45, 2.75) is 31.8 Å². The monoisotopic (exact) mass is 306 g/mol. The number of nitrogens with one attached hydrogen (secondary N) is 2. The zero-order valence-electron chi connectivity index (χ0n) is 12.8. The third-order valence-corrected chi connectivity index (χ3v) is 3.58. The van der Waals surface area contributed by atoms with Gasteiger partial charge in [0.2, 0.25) is 5.91 Å².